The van der Waals surface area contributed by atoms with Gasteiger partial charge in [-0.05, 0) is 33.6 Å². The predicted octanol–water partition coefficient (Wildman–Crippen LogP) is 0.116. The van der Waals surface area contributed by atoms with E-state index in [-0.39, 0.29) is 18.8 Å². The molecule has 0 amide bonds. The van der Waals surface area contributed by atoms with Crippen LogP contribution in [-0.4, -0.2) is 106 Å². The second kappa shape index (κ2) is 21.9. The van der Waals surface area contributed by atoms with Gasteiger partial charge in [-0.1, -0.05) is 13.8 Å². The molecule has 0 heterocycles. The molecule has 0 aliphatic carbocycles. The van der Waals surface area contributed by atoms with Crippen LogP contribution in [0.25, 0.3) is 0 Å². The zero-order valence-corrected chi connectivity index (χ0v) is 19.4. The van der Waals surface area contributed by atoms with Crippen molar-refractivity contribution >= 4 is 11.9 Å². The van der Waals surface area contributed by atoms with Crippen molar-refractivity contribution in [2.75, 3.05) is 33.0 Å². The van der Waals surface area contributed by atoms with Gasteiger partial charge in [0.05, 0.1) is 57.3 Å². The maximum Gasteiger partial charge on any atom is 0.333 e. The topological polar surface area (TPSA) is 183 Å². The molecule has 11 nitrogen and oxygen atoms in total. The van der Waals surface area contributed by atoms with E-state index in [1.165, 1.54) is 0 Å². The first-order chi connectivity index (χ1) is 14.2. The van der Waals surface area contributed by atoms with Gasteiger partial charge in [-0.15, -0.1) is 0 Å². The summed E-state index contributed by atoms with van der Waals surface area (Å²) in [7, 11) is 0. The molecule has 0 fully saturated rings. The molecular formula is C20H42O11. The van der Waals surface area contributed by atoms with Crippen molar-refractivity contribution in [3.8, 4) is 0 Å². The number of aliphatic hydroxyl groups is 4. The molecule has 0 aromatic heterocycles. The van der Waals surface area contributed by atoms with Gasteiger partial charge < -0.3 is 44.8 Å². The molecule has 0 aromatic rings. The fourth-order valence-electron chi connectivity index (χ4n) is 1.43. The van der Waals surface area contributed by atoms with Crippen LogP contribution in [0.2, 0.25) is 0 Å². The average molecular weight is 459 g/mol. The third-order valence-electron chi connectivity index (χ3n) is 2.96. The molecule has 0 spiro atoms. The van der Waals surface area contributed by atoms with Crippen molar-refractivity contribution < 1.29 is 54.4 Å². The van der Waals surface area contributed by atoms with Gasteiger partial charge in [0, 0.05) is 6.61 Å². The van der Waals surface area contributed by atoms with Crippen molar-refractivity contribution in [3.63, 3.8) is 0 Å². The van der Waals surface area contributed by atoms with Crippen LogP contribution in [0, 0.1) is 5.92 Å². The van der Waals surface area contributed by atoms with E-state index in [9.17, 15) is 9.59 Å². The molecule has 0 radical (unpaired) electrons. The lowest BCUT2D eigenvalue weighted by Gasteiger charge is -2.15. The van der Waals surface area contributed by atoms with E-state index in [1.54, 1.807) is 20.8 Å². The summed E-state index contributed by atoms with van der Waals surface area (Å²) in [5.74, 6) is -2.29. The SMILES string of the molecule is CC(C)COCC(C)OCC(C)O.CC(O)COC(C)CO.O=C(O)CC(O)C(=O)O. The Labute approximate surface area is 184 Å². The van der Waals surface area contributed by atoms with E-state index in [4.69, 9.17) is 44.8 Å². The van der Waals surface area contributed by atoms with Crippen molar-refractivity contribution in [1.82, 2.24) is 0 Å². The van der Waals surface area contributed by atoms with Crippen molar-refractivity contribution in [1.29, 1.82) is 0 Å². The standard InChI is InChI=1S/C10H22O3.C6H14O3.C4H6O5/c1-8(2)5-12-7-10(4)13-6-9(3)11;1-5(8)4-9-6(2)3-7;5-2(4(8)9)1-3(6)7/h8-11H,5-7H2,1-4H3;5-8H,3-4H2,1-2H3;2,5H,1H2,(H,6,7)(H,8,9). The molecule has 31 heavy (non-hydrogen) atoms. The summed E-state index contributed by atoms with van der Waals surface area (Å²) in [5.41, 5.74) is 0. The molecule has 0 saturated heterocycles. The molecule has 0 saturated carbocycles. The molecular weight excluding hydrogens is 416 g/mol. The van der Waals surface area contributed by atoms with Crippen LogP contribution < -0.4 is 0 Å². The zero-order valence-electron chi connectivity index (χ0n) is 19.4. The Morgan fingerprint density at radius 2 is 1.19 bits per heavy atom. The average Bonchev–Trinajstić information content (AvgIpc) is 2.64. The number of hydrogen-bond donors (Lipinski definition) is 6. The van der Waals surface area contributed by atoms with Crippen molar-refractivity contribution in [3.05, 3.63) is 0 Å². The van der Waals surface area contributed by atoms with Crippen LogP contribution in [0.15, 0.2) is 0 Å². The third kappa shape index (κ3) is 33.5. The minimum Gasteiger partial charge on any atom is -0.481 e. The van der Waals surface area contributed by atoms with Crippen LogP contribution in [0.5, 0.6) is 0 Å². The Balaban J connectivity index is -0.000000390. The van der Waals surface area contributed by atoms with Crippen LogP contribution in [0.1, 0.15) is 48.0 Å². The fraction of sp³-hybridized carbons (Fsp3) is 0.900. The van der Waals surface area contributed by atoms with E-state index in [0.29, 0.717) is 25.7 Å². The fourth-order valence-corrected chi connectivity index (χ4v) is 1.43. The monoisotopic (exact) mass is 458 g/mol. The number of carbonyl (C=O) groups is 2. The number of rotatable bonds is 14. The molecule has 0 aliphatic rings. The number of hydrogen-bond acceptors (Lipinski definition) is 9. The summed E-state index contributed by atoms with van der Waals surface area (Å²) in [5, 5.41) is 50.2. The Morgan fingerprint density at radius 1 is 0.742 bits per heavy atom. The van der Waals surface area contributed by atoms with Gasteiger partial charge in [-0.25, -0.2) is 4.79 Å². The van der Waals surface area contributed by atoms with E-state index >= 15 is 0 Å². The molecule has 6 N–H and O–H groups in total. The maximum atomic E-state index is 9.72. The summed E-state index contributed by atoms with van der Waals surface area (Å²) in [6.07, 6.45) is -3.49. The number of aliphatic hydroxyl groups excluding tert-OH is 4. The van der Waals surface area contributed by atoms with Gasteiger partial charge in [-0.2, -0.15) is 0 Å². The lowest BCUT2D eigenvalue weighted by Crippen LogP contribution is -2.22. The summed E-state index contributed by atoms with van der Waals surface area (Å²) in [4.78, 5) is 19.4. The molecule has 11 heteroatoms. The predicted molar refractivity (Wildman–Crippen MR) is 113 cm³/mol. The largest absolute Gasteiger partial charge is 0.481 e. The summed E-state index contributed by atoms with van der Waals surface area (Å²) in [6.45, 7) is 13.3. The van der Waals surface area contributed by atoms with E-state index < -0.39 is 36.7 Å². The lowest BCUT2D eigenvalue weighted by molar-refractivity contribution is -0.152. The Hall–Kier alpha value is -1.34. The summed E-state index contributed by atoms with van der Waals surface area (Å²) >= 11 is 0. The maximum absolute atomic E-state index is 9.72. The highest BCUT2D eigenvalue weighted by Gasteiger charge is 2.16. The lowest BCUT2D eigenvalue weighted by atomic mass is 10.2. The molecule has 0 aromatic carbocycles. The first kappa shape index (κ1) is 34.3. The zero-order chi connectivity index (χ0) is 25.0. The van der Waals surface area contributed by atoms with E-state index in [0.717, 1.165) is 6.61 Å². The number of aliphatic carboxylic acids is 2. The van der Waals surface area contributed by atoms with Crippen LogP contribution in [-0.2, 0) is 23.8 Å². The first-order valence-electron chi connectivity index (χ1n) is 10.1. The van der Waals surface area contributed by atoms with Crippen LogP contribution in [0.3, 0.4) is 0 Å². The molecule has 188 valence electrons. The molecule has 5 unspecified atom stereocenters. The van der Waals surface area contributed by atoms with Gasteiger partial charge in [0.1, 0.15) is 0 Å². The van der Waals surface area contributed by atoms with Crippen molar-refractivity contribution in [2.45, 2.75) is 78.5 Å². The van der Waals surface area contributed by atoms with E-state index in [1.807, 2.05) is 6.92 Å². The van der Waals surface area contributed by atoms with Gasteiger partial charge in [0.15, 0.2) is 6.10 Å². The van der Waals surface area contributed by atoms with Crippen molar-refractivity contribution in [2.24, 2.45) is 5.92 Å². The summed E-state index contributed by atoms with van der Waals surface area (Å²) in [6, 6.07) is 0. The Bertz CT molecular complexity index is 427. The highest BCUT2D eigenvalue weighted by molar-refractivity contribution is 5.79. The van der Waals surface area contributed by atoms with Gasteiger partial charge in [0.25, 0.3) is 0 Å². The quantitative estimate of drug-likeness (QED) is 0.208. The Morgan fingerprint density at radius 3 is 1.48 bits per heavy atom. The Kier molecular flexibility index (Phi) is 24.2. The van der Waals surface area contributed by atoms with Crippen LogP contribution >= 0.6 is 0 Å². The summed E-state index contributed by atoms with van der Waals surface area (Å²) < 4.78 is 15.6. The van der Waals surface area contributed by atoms with Gasteiger partial charge >= 0.3 is 11.9 Å². The smallest absolute Gasteiger partial charge is 0.333 e. The van der Waals surface area contributed by atoms with Gasteiger partial charge in [0.2, 0.25) is 0 Å². The number of carboxylic acid groups (broad SMARTS) is 2. The number of carboxylic acids is 2. The highest BCUT2D eigenvalue weighted by Crippen LogP contribution is 1.97. The third-order valence-corrected chi connectivity index (χ3v) is 2.96. The molecule has 0 rings (SSSR count). The molecule has 5 atom stereocenters. The highest BCUT2D eigenvalue weighted by atomic mass is 16.5. The number of ether oxygens (including phenoxy) is 3. The normalized spacial score (nSPS) is 15.5. The van der Waals surface area contributed by atoms with Gasteiger partial charge in [-0.3, -0.25) is 4.79 Å². The second-order valence-corrected chi connectivity index (χ2v) is 7.55. The first-order valence-corrected chi connectivity index (χ1v) is 10.1. The van der Waals surface area contributed by atoms with Crippen LogP contribution in [0.4, 0.5) is 0 Å². The minimum absolute atomic E-state index is 0.00667. The molecule has 0 aliphatic heterocycles. The minimum atomic E-state index is -1.79. The van der Waals surface area contributed by atoms with E-state index in [2.05, 4.69) is 13.8 Å². The second-order valence-electron chi connectivity index (χ2n) is 7.55. The molecule has 0 bridgehead atoms.